The first kappa shape index (κ1) is 12.9. The van der Waals surface area contributed by atoms with Crippen LogP contribution >= 0.6 is 0 Å². The predicted octanol–water partition coefficient (Wildman–Crippen LogP) is 0.510. The zero-order chi connectivity index (χ0) is 13.0. The summed E-state index contributed by atoms with van der Waals surface area (Å²) in [5.74, 6) is 0. The molecular formula is C14H29N4+. The summed E-state index contributed by atoms with van der Waals surface area (Å²) in [6, 6.07) is 0. The van der Waals surface area contributed by atoms with Crippen molar-refractivity contribution in [1.29, 1.82) is 0 Å². The van der Waals surface area contributed by atoms with Gasteiger partial charge in [0.1, 0.15) is 5.66 Å². The lowest BCUT2D eigenvalue weighted by atomic mass is 9.82. The van der Waals surface area contributed by atoms with E-state index in [4.69, 9.17) is 0 Å². The minimum absolute atomic E-state index is 0.151. The van der Waals surface area contributed by atoms with E-state index < -0.39 is 0 Å². The number of hydrogen-bond donors (Lipinski definition) is 1. The fraction of sp³-hybridized carbons (Fsp3) is 1.00. The van der Waals surface area contributed by atoms with Crippen LogP contribution in [-0.4, -0.2) is 79.0 Å². The van der Waals surface area contributed by atoms with Gasteiger partial charge in [-0.2, -0.15) is 0 Å². The fourth-order valence-electron chi connectivity index (χ4n) is 4.71. The second kappa shape index (κ2) is 3.92. The first-order chi connectivity index (χ1) is 8.44. The lowest BCUT2D eigenvalue weighted by molar-refractivity contribution is -0.980. The Morgan fingerprint density at radius 2 is 1.83 bits per heavy atom. The molecule has 1 N–H and O–H groups in total. The van der Waals surface area contributed by atoms with Gasteiger partial charge in [0, 0.05) is 39.5 Å². The molecule has 4 nitrogen and oxygen atoms in total. The average molecular weight is 253 g/mol. The highest BCUT2D eigenvalue weighted by Gasteiger charge is 2.65. The van der Waals surface area contributed by atoms with Crippen LogP contribution in [0.15, 0.2) is 0 Å². The van der Waals surface area contributed by atoms with Crippen LogP contribution in [0.4, 0.5) is 0 Å². The highest BCUT2D eigenvalue weighted by atomic mass is 15.6. The molecule has 2 unspecified atom stereocenters. The number of piperazine rings is 1. The Labute approximate surface area is 112 Å². The molecule has 0 amide bonds. The molecule has 0 aromatic rings. The quantitative estimate of drug-likeness (QED) is 0.635. The smallest absolute Gasteiger partial charge is 0.182 e. The van der Waals surface area contributed by atoms with Crippen LogP contribution in [0.5, 0.6) is 0 Å². The summed E-state index contributed by atoms with van der Waals surface area (Å²) in [5.41, 5.74) is 0.303. The molecule has 0 radical (unpaired) electrons. The van der Waals surface area contributed by atoms with Gasteiger partial charge in [0.05, 0.1) is 20.1 Å². The predicted molar refractivity (Wildman–Crippen MR) is 74.2 cm³/mol. The molecule has 3 heterocycles. The first-order valence-electron chi connectivity index (χ1n) is 7.50. The standard InChI is InChI=1S/C14H29N4/c1-13-14(2)16(3)8-6-9-17(14)10-12-18(13,4)11-5-7-15-13/h15H,5-12H2,1-4H3/q+1/t13-,14?,18?/m1/s1. The molecule has 104 valence electrons. The molecule has 0 bridgehead atoms. The lowest BCUT2D eigenvalue weighted by Crippen LogP contribution is -2.90. The number of hydrogen-bond acceptors (Lipinski definition) is 3. The number of quaternary nitrogens is 1. The van der Waals surface area contributed by atoms with Crippen LogP contribution in [-0.2, 0) is 0 Å². The normalized spacial score (nSPS) is 50.7. The molecule has 0 aromatic carbocycles. The third kappa shape index (κ3) is 1.35. The van der Waals surface area contributed by atoms with Crippen molar-refractivity contribution in [3.63, 3.8) is 0 Å². The Morgan fingerprint density at radius 3 is 2.61 bits per heavy atom. The molecular weight excluding hydrogens is 224 g/mol. The molecule has 4 heteroatoms. The van der Waals surface area contributed by atoms with Crippen molar-refractivity contribution in [3.05, 3.63) is 0 Å². The van der Waals surface area contributed by atoms with Crippen LogP contribution in [0.1, 0.15) is 26.7 Å². The van der Waals surface area contributed by atoms with E-state index in [1.165, 1.54) is 56.6 Å². The van der Waals surface area contributed by atoms with E-state index in [0.29, 0.717) is 0 Å². The van der Waals surface area contributed by atoms with Crippen LogP contribution in [0, 0.1) is 0 Å². The van der Waals surface area contributed by atoms with Gasteiger partial charge in [-0.1, -0.05) is 0 Å². The van der Waals surface area contributed by atoms with Gasteiger partial charge in [-0.3, -0.25) is 15.1 Å². The van der Waals surface area contributed by atoms with Gasteiger partial charge in [0.25, 0.3) is 0 Å². The number of rotatable bonds is 0. The molecule has 3 saturated heterocycles. The summed E-state index contributed by atoms with van der Waals surface area (Å²) in [6.45, 7) is 12.4. The van der Waals surface area contributed by atoms with Gasteiger partial charge in [-0.05, 0) is 20.4 Å². The number of likely N-dealkylation sites (N-methyl/N-ethyl adjacent to an activating group) is 2. The minimum atomic E-state index is 0.151. The Hall–Kier alpha value is -0.160. The molecule has 0 spiro atoms. The summed E-state index contributed by atoms with van der Waals surface area (Å²) >= 11 is 0. The number of nitrogens with zero attached hydrogens (tertiary/aromatic N) is 3. The molecule has 3 rings (SSSR count). The van der Waals surface area contributed by atoms with Crippen molar-refractivity contribution in [2.45, 2.75) is 38.0 Å². The molecule has 0 aromatic heterocycles. The van der Waals surface area contributed by atoms with Crippen LogP contribution in [0.3, 0.4) is 0 Å². The van der Waals surface area contributed by atoms with Crippen LogP contribution in [0.25, 0.3) is 0 Å². The highest BCUT2D eigenvalue weighted by Crippen LogP contribution is 2.44. The maximum absolute atomic E-state index is 3.90. The van der Waals surface area contributed by atoms with Gasteiger partial charge in [-0.25, -0.2) is 0 Å². The average Bonchev–Trinajstić information content (AvgIpc) is 2.34. The monoisotopic (exact) mass is 253 g/mol. The van der Waals surface area contributed by atoms with Gasteiger partial charge in [0.2, 0.25) is 0 Å². The molecule has 3 atom stereocenters. The Balaban J connectivity index is 2.06. The van der Waals surface area contributed by atoms with Gasteiger partial charge in [-0.15, -0.1) is 0 Å². The topological polar surface area (TPSA) is 18.5 Å². The van der Waals surface area contributed by atoms with Crippen molar-refractivity contribution in [1.82, 2.24) is 15.1 Å². The minimum Gasteiger partial charge on any atom is -0.305 e. The van der Waals surface area contributed by atoms with E-state index in [9.17, 15) is 0 Å². The Morgan fingerprint density at radius 1 is 1.06 bits per heavy atom. The molecule has 3 aliphatic heterocycles. The van der Waals surface area contributed by atoms with Crippen LogP contribution in [0.2, 0.25) is 0 Å². The third-order valence-corrected chi connectivity index (χ3v) is 6.44. The summed E-state index contributed by atoms with van der Waals surface area (Å²) in [4.78, 5) is 5.30. The van der Waals surface area contributed by atoms with E-state index in [2.05, 4.69) is 43.1 Å². The number of nitrogens with one attached hydrogen (secondary N) is 1. The first-order valence-corrected chi connectivity index (χ1v) is 7.50. The van der Waals surface area contributed by atoms with E-state index in [0.717, 1.165) is 0 Å². The summed E-state index contributed by atoms with van der Waals surface area (Å²) < 4.78 is 1.18. The molecule has 18 heavy (non-hydrogen) atoms. The zero-order valence-electron chi connectivity index (χ0n) is 12.5. The number of fused-ring (bicyclic) bond motifs is 3. The molecule has 0 aliphatic carbocycles. The van der Waals surface area contributed by atoms with E-state index in [-0.39, 0.29) is 11.3 Å². The maximum Gasteiger partial charge on any atom is 0.182 e. The summed E-state index contributed by atoms with van der Waals surface area (Å²) in [5, 5.41) is 3.90. The van der Waals surface area contributed by atoms with Gasteiger partial charge in [0.15, 0.2) is 5.66 Å². The van der Waals surface area contributed by atoms with E-state index >= 15 is 0 Å². The fourth-order valence-corrected chi connectivity index (χ4v) is 4.71. The Kier molecular flexibility index (Phi) is 2.80. The van der Waals surface area contributed by atoms with Crippen molar-refractivity contribution in [3.8, 4) is 0 Å². The second-order valence-corrected chi connectivity index (χ2v) is 6.98. The van der Waals surface area contributed by atoms with Crippen LogP contribution < -0.4 is 5.32 Å². The summed E-state index contributed by atoms with van der Waals surface area (Å²) in [6.07, 6.45) is 2.62. The van der Waals surface area contributed by atoms with Crippen molar-refractivity contribution in [2.24, 2.45) is 0 Å². The van der Waals surface area contributed by atoms with Crippen molar-refractivity contribution < 1.29 is 4.48 Å². The molecule has 3 aliphatic rings. The lowest BCUT2D eigenvalue weighted by Gasteiger charge is -2.69. The van der Waals surface area contributed by atoms with Gasteiger partial charge < -0.3 is 4.48 Å². The Bertz CT molecular complexity index is 345. The van der Waals surface area contributed by atoms with E-state index in [1.807, 2.05) is 0 Å². The van der Waals surface area contributed by atoms with E-state index in [1.54, 1.807) is 0 Å². The van der Waals surface area contributed by atoms with Crippen molar-refractivity contribution >= 4 is 0 Å². The third-order valence-electron chi connectivity index (χ3n) is 6.44. The molecule has 3 fully saturated rings. The summed E-state index contributed by atoms with van der Waals surface area (Å²) in [7, 11) is 4.76. The maximum atomic E-state index is 3.90. The second-order valence-electron chi connectivity index (χ2n) is 6.98. The highest BCUT2D eigenvalue weighted by molar-refractivity contribution is 5.05. The zero-order valence-corrected chi connectivity index (χ0v) is 12.5. The largest absolute Gasteiger partial charge is 0.305 e. The SMILES string of the molecule is CN1CCCN2CC[N+]3(C)CCCN[C@@]3(C)C12C. The van der Waals surface area contributed by atoms with Gasteiger partial charge >= 0.3 is 0 Å². The van der Waals surface area contributed by atoms with Crippen molar-refractivity contribution in [2.75, 3.05) is 53.4 Å². The molecule has 0 saturated carbocycles.